The van der Waals surface area contributed by atoms with Crippen molar-refractivity contribution >= 4 is 0 Å². The maximum absolute atomic E-state index is 4.58. The van der Waals surface area contributed by atoms with Gasteiger partial charge in [-0.2, -0.15) is 0 Å². The highest BCUT2D eigenvalue weighted by Crippen LogP contribution is 1.79. The molecule has 0 aliphatic heterocycles. The molecular weight excluding hydrogens is 145 g/mol. The molecule has 0 aliphatic rings. The highest BCUT2D eigenvalue weighted by molar-refractivity contribution is 4.84. The summed E-state index contributed by atoms with van der Waals surface area (Å²) in [6, 6.07) is 7.56. The molecule has 0 saturated heterocycles. The maximum Gasteiger partial charge on any atom is 0.0902 e. The van der Waals surface area contributed by atoms with Gasteiger partial charge in [-0.05, 0) is 24.3 Å². The van der Waals surface area contributed by atoms with Crippen LogP contribution in [0.3, 0.4) is 0 Å². The minimum atomic E-state index is 0. The molecule has 0 unspecified atom stereocenters. The van der Waals surface area contributed by atoms with Gasteiger partial charge in [-0.15, -0.1) is 0 Å². The smallest absolute Gasteiger partial charge is 0.0902 e. The molecule has 2 nitrogen and oxygen atoms in total. The Kier molecular flexibility index (Phi) is 5.70. The average Bonchev–Trinajstić information content (AvgIpc) is 2.67. The molecular formula is C8H10FNO. The first-order valence-electron chi connectivity index (χ1n) is 3.05. The van der Waals surface area contributed by atoms with Gasteiger partial charge in [0.2, 0.25) is 0 Å². The lowest BCUT2D eigenvalue weighted by atomic mass is 10.7. The molecule has 60 valence electrons. The number of H-pyrrole nitrogens is 1. The van der Waals surface area contributed by atoms with E-state index in [4.69, 9.17) is 0 Å². The Bertz CT molecular complexity index is 153. The number of nitrogens with one attached hydrogen (secondary N) is 1. The third-order valence-electron chi connectivity index (χ3n) is 0.921. The topological polar surface area (TPSA) is 28.9 Å². The van der Waals surface area contributed by atoms with Crippen LogP contribution in [0.4, 0.5) is 4.70 Å². The van der Waals surface area contributed by atoms with E-state index in [0.29, 0.717) is 0 Å². The fourth-order valence-electron chi connectivity index (χ4n) is 0.505. The highest BCUT2D eigenvalue weighted by Gasteiger charge is 1.59. The zero-order valence-electron chi connectivity index (χ0n) is 5.94. The normalized spacial score (nSPS) is 7.27. The minimum absolute atomic E-state index is 0. The molecule has 2 rings (SSSR count). The molecule has 0 radical (unpaired) electrons. The molecule has 2 aromatic heterocycles. The second kappa shape index (κ2) is 6.61. The Hall–Kier alpha value is -1.51. The Morgan fingerprint density at radius 3 is 1.55 bits per heavy atom. The molecule has 0 aromatic carbocycles. The van der Waals surface area contributed by atoms with E-state index in [9.17, 15) is 0 Å². The van der Waals surface area contributed by atoms with Gasteiger partial charge in [-0.25, -0.2) is 0 Å². The van der Waals surface area contributed by atoms with Gasteiger partial charge in [0.15, 0.2) is 0 Å². The summed E-state index contributed by atoms with van der Waals surface area (Å²) in [6.07, 6.45) is 7.00. The van der Waals surface area contributed by atoms with Crippen LogP contribution in [0.15, 0.2) is 53.6 Å². The number of hydrogen-bond acceptors (Lipinski definition) is 1. The van der Waals surface area contributed by atoms with Crippen molar-refractivity contribution in [2.45, 2.75) is 0 Å². The van der Waals surface area contributed by atoms with E-state index in [-0.39, 0.29) is 4.70 Å². The zero-order valence-corrected chi connectivity index (χ0v) is 5.94. The van der Waals surface area contributed by atoms with Crippen LogP contribution in [0.25, 0.3) is 0 Å². The second-order valence-electron chi connectivity index (χ2n) is 1.68. The number of aromatic amines is 1. The number of aromatic nitrogens is 1. The fourth-order valence-corrected chi connectivity index (χ4v) is 0.505. The van der Waals surface area contributed by atoms with E-state index in [1.165, 1.54) is 0 Å². The van der Waals surface area contributed by atoms with Crippen molar-refractivity contribution in [2.24, 2.45) is 0 Å². The van der Waals surface area contributed by atoms with Gasteiger partial charge in [0.25, 0.3) is 0 Å². The van der Waals surface area contributed by atoms with Crippen molar-refractivity contribution in [3.63, 3.8) is 0 Å². The molecule has 0 saturated carbocycles. The van der Waals surface area contributed by atoms with E-state index in [1.807, 2.05) is 36.7 Å². The minimum Gasteiger partial charge on any atom is -0.473 e. The van der Waals surface area contributed by atoms with Crippen LogP contribution in [0.5, 0.6) is 0 Å². The summed E-state index contributed by atoms with van der Waals surface area (Å²) in [6.45, 7) is 0. The van der Waals surface area contributed by atoms with Crippen LogP contribution in [-0.2, 0) is 0 Å². The lowest BCUT2D eigenvalue weighted by Gasteiger charge is -1.50. The Morgan fingerprint density at radius 1 is 0.818 bits per heavy atom. The third-order valence-corrected chi connectivity index (χ3v) is 0.921. The van der Waals surface area contributed by atoms with Gasteiger partial charge in [0.1, 0.15) is 0 Å². The van der Waals surface area contributed by atoms with Crippen LogP contribution in [0.2, 0.25) is 0 Å². The number of hydrogen-bond donors (Lipinski definition) is 1. The first-order valence-corrected chi connectivity index (χ1v) is 3.05. The first kappa shape index (κ1) is 9.49. The van der Waals surface area contributed by atoms with Crippen molar-refractivity contribution in [3.8, 4) is 0 Å². The first-order chi connectivity index (χ1) is 5.00. The van der Waals surface area contributed by atoms with Crippen LogP contribution in [0.1, 0.15) is 0 Å². The summed E-state index contributed by atoms with van der Waals surface area (Å²) in [5.74, 6) is 0. The molecule has 0 amide bonds. The van der Waals surface area contributed by atoms with E-state index in [2.05, 4.69) is 9.40 Å². The summed E-state index contributed by atoms with van der Waals surface area (Å²) >= 11 is 0. The van der Waals surface area contributed by atoms with E-state index in [1.54, 1.807) is 12.5 Å². The van der Waals surface area contributed by atoms with Crippen molar-refractivity contribution in [2.75, 3.05) is 0 Å². The van der Waals surface area contributed by atoms with E-state index < -0.39 is 0 Å². The van der Waals surface area contributed by atoms with Crippen molar-refractivity contribution in [1.82, 2.24) is 4.98 Å². The highest BCUT2D eigenvalue weighted by atomic mass is 19.0. The lowest BCUT2D eigenvalue weighted by molar-refractivity contribution is 0.567. The number of furan rings is 1. The molecule has 0 bridgehead atoms. The molecule has 2 aromatic rings. The maximum atomic E-state index is 4.58. The average molecular weight is 155 g/mol. The molecule has 11 heavy (non-hydrogen) atoms. The summed E-state index contributed by atoms with van der Waals surface area (Å²) in [4.78, 5) is 2.86. The largest absolute Gasteiger partial charge is 0.473 e. The summed E-state index contributed by atoms with van der Waals surface area (Å²) in [7, 11) is 0. The van der Waals surface area contributed by atoms with Gasteiger partial charge in [-0.1, -0.05) is 0 Å². The zero-order chi connectivity index (χ0) is 7.07. The van der Waals surface area contributed by atoms with Crippen molar-refractivity contribution in [3.05, 3.63) is 49.2 Å². The fraction of sp³-hybridized carbons (Fsp3) is 0. The van der Waals surface area contributed by atoms with Crippen LogP contribution in [-0.4, -0.2) is 4.98 Å². The molecule has 0 spiro atoms. The predicted molar refractivity (Wildman–Crippen MR) is 42.0 cm³/mol. The van der Waals surface area contributed by atoms with Gasteiger partial charge < -0.3 is 9.40 Å². The molecule has 0 fully saturated rings. The van der Waals surface area contributed by atoms with Crippen LogP contribution < -0.4 is 0 Å². The number of rotatable bonds is 0. The van der Waals surface area contributed by atoms with Gasteiger partial charge in [0.05, 0.1) is 12.5 Å². The second-order valence-corrected chi connectivity index (χ2v) is 1.68. The van der Waals surface area contributed by atoms with E-state index in [0.717, 1.165) is 0 Å². The van der Waals surface area contributed by atoms with Crippen molar-refractivity contribution < 1.29 is 9.12 Å². The summed E-state index contributed by atoms with van der Waals surface area (Å²) in [5.41, 5.74) is 0. The quantitative estimate of drug-likeness (QED) is 0.622. The van der Waals surface area contributed by atoms with Gasteiger partial charge in [-0.3, -0.25) is 4.70 Å². The lowest BCUT2D eigenvalue weighted by Crippen LogP contribution is -1.38. The predicted octanol–water partition coefficient (Wildman–Crippen LogP) is 2.45. The summed E-state index contributed by atoms with van der Waals surface area (Å²) < 4.78 is 4.58. The molecule has 2 heterocycles. The Balaban J connectivity index is 0.000000167. The Labute approximate surface area is 64.2 Å². The van der Waals surface area contributed by atoms with Crippen molar-refractivity contribution in [1.29, 1.82) is 0 Å². The standard InChI is InChI=1S/C4H5N.C4H4O.FH/c2*1-2-4-5-3-1;/h1-5H;1-4H;1H. The van der Waals surface area contributed by atoms with E-state index >= 15 is 0 Å². The molecule has 0 aliphatic carbocycles. The van der Waals surface area contributed by atoms with Crippen LogP contribution >= 0.6 is 0 Å². The molecule has 1 N–H and O–H groups in total. The third kappa shape index (κ3) is 4.96. The van der Waals surface area contributed by atoms with Gasteiger partial charge in [0, 0.05) is 12.4 Å². The summed E-state index contributed by atoms with van der Waals surface area (Å²) in [5, 5.41) is 0. The molecule has 0 atom stereocenters. The molecule has 3 heteroatoms. The van der Waals surface area contributed by atoms with Gasteiger partial charge >= 0.3 is 0 Å². The van der Waals surface area contributed by atoms with Crippen LogP contribution in [0, 0.1) is 0 Å². The number of halogens is 1. The monoisotopic (exact) mass is 155 g/mol. The Morgan fingerprint density at radius 2 is 1.36 bits per heavy atom. The SMILES string of the molecule is F.c1cc[nH]c1.c1ccoc1.